The van der Waals surface area contributed by atoms with Crippen LogP contribution in [0.25, 0.3) is 0 Å². The molecule has 238 valence electrons. The fourth-order valence-electron chi connectivity index (χ4n) is 7.44. The summed E-state index contributed by atoms with van der Waals surface area (Å²) in [6.07, 6.45) is 6.23. The van der Waals surface area contributed by atoms with E-state index in [2.05, 4.69) is 15.6 Å². The molecule has 0 radical (unpaired) electrons. The predicted molar refractivity (Wildman–Crippen MR) is 149 cm³/mol. The Hall–Kier alpha value is -3.22. The topological polar surface area (TPSA) is 164 Å². The summed E-state index contributed by atoms with van der Waals surface area (Å²) in [6, 6.07) is -0.853. The number of hydrazone groups is 2. The maximum atomic E-state index is 12.6. The number of hydrogen-bond acceptors (Lipinski definition) is 9. The molecule has 6 rings (SSSR count). The summed E-state index contributed by atoms with van der Waals surface area (Å²) in [4.78, 5) is 36.3. The molecule has 6 aliphatic rings. The smallest absolute Gasteiger partial charge is 0.336 e. The molecule has 43 heavy (non-hydrogen) atoms. The van der Waals surface area contributed by atoms with Crippen LogP contribution in [0.1, 0.15) is 78.1 Å². The number of nitrogens with zero attached hydrogens (tertiary/aromatic N) is 5. The van der Waals surface area contributed by atoms with E-state index in [-0.39, 0.29) is 42.9 Å². The van der Waals surface area contributed by atoms with Gasteiger partial charge in [0.1, 0.15) is 18.1 Å². The number of halogens is 3. The first kappa shape index (κ1) is 32.7. The molecule has 3 heterocycles. The molecule has 3 aliphatic heterocycles. The molecule has 1 spiro atoms. The summed E-state index contributed by atoms with van der Waals surface area (Å²) < 4.78 is 63.6. The van der Waals surface area contributed by atoms with Crippen LogP contribution in [0.4, 0.5) is 13.2 Å². The van der Waals surface area contributed by atoms with Crippen LogP contribution in [-0.2, 0) is 24.4 Å². The van der Waals surface area contributed by atoms with Crippen LogP contribution in [0.5, 0.6) is 0 Å². The number of amides is 3. The van der Waals surface area contributed by atoms with Gasteiger partial charge in [0, 0.05) is 30.7 Å². The van der Waals surface area contributed by atoms with Gasteiger partial charge < -0.3 is 5.32 Å². The molecule has 6 atom stereocenters. The summed E-state index contributed by atoms with van der Waals surface area (Å²) in [5.41, 5.74) is 2.57. The molecule has 3 saturated carbocycles. The van der Waals surface area contributed by atoms with Crippen LogP contribution in [-0.4, -0.2) is 84.0 Å². The number of sulfonamides is 1. The first-order valence-electron chi connectivity index (χ1n) is 14.3. The van der Waals surface area contributed by atoms with Crippen molar-refractivity contribution in [1.29, 1.82) is 5.26 Å². The van der Waals surface area contributed by atoms with E-state index in [9.17, 15) is 36.0 Å². The highest BCUT2D eigenvalue weighted by atomic mass is 32.2. The summed E-state index contributed by atoms with van der Waals surface area (Å²) in [5.74, 6) is -2.80. The Morgan fingerprint density at radius 2 is 1.84 bits per heavy atom. The Bertz CT molecular complexity index is 1300. The zero-order valence-corrected chi connectivity index (χ0v) is 23.7. The number of rotatable bonds is 4. The number of carbonyl (C=O) groups excluding carboxylic acids is 3. The molecule has 4 fully saturated rings. The normalized spacial score (nSPS) is 32.6. The summed E-state index contributed by atoms with van der Waals surface area (Å²) in [6.45, 7) is 0. The van der Waals surface area contributed by atoms with Gasteiger partial charge in [0.15, 0.2) is 0 Å². The lowest BCUT2D eigenvalue weighted by Crippen LogP contribution is -2.55. The standard InChI is InChI=1S/C14H17F3N4O2.C12H17N3O3S.CH4/c15-14(16,17)13(23)20-11(9-4-2-1-3-5-9)12(22)21-10(8-18)6-7-19-21;16-11(9-2-4-13-14-9)15-10-5-8-1-3-12(10,6-8)7-19(15,17)18;/h7,9-11H,1-6H2,(H,20,23);4,8-10,14H,1-3,5-7H2;1H4/t10-,11-;8?,9-,10?,12?;/m00./s1. The van der Waals surface area contributed by atoms with Crippen LogP contribution in [0.15, 0.2) is 10.2 Å². The molecule has 2 N–H and O–H groups in total. The Labute approximate surface area is 249 Å². The monoisotopic (exact) mass is 629 g/mol. The zero-order valence-electron chi connectivity index (χ0n) is 22.9. The molecular weight excluding hydrogens is 591 g/mol. The van der Waals surface area contributed by atoms with Crippen molar-refractivity contribution in [3.05, 3.63) is 0 Å². The highest BCUT2D eigenvalue weighted by molar-refractivity contribution is 7.90. The SMILES string of the molecule is C.N#C[C@@H]1CC=NN1C(=O)[C@@H](NC(=O)C(F)(F)F)C1CCCCC1.O=C([C@@H]1CC=NN1)N1C2CC3CCC2(C3)CS1(=O)=O. The molecule has 16 heteroatoms. The van der Waals surface area contributed by atoms with Gasteiger partial charge in [-0.2, -0.15) is 28.6 Å². The molecule has 1 saturated heterocycles. The van der Waals surface area contributed by atoms with E-state index >= 15 is 0 Å². The lowest BCUT2D eigenvalue weighted by atomic mass is 9.81. The van der Waals surface area contributed by atoms with E-state index in [1.165, 1.54) is 10.5 Å². The second-order valence-corrected chi connectivity index (χ2v) is 13.9. The van der Waals surface area contributed by atoms with Gasteiger partial charge in [0.05, 0.1) is 17.9 Å². The maximum Gasteiger partial charge on any atom is 0.471 e. The van der Waals surface area contributed by atoms with Gasteiger partial charge in [-0.05, 0) is 50.4 Å². The Morgan fingerprint density at radius 3 is 2.44 bits per heavy atom. The summed E-state index contributed by atoms with van der Waals surface area (Å²) >= 11 is 0. The van der Waals surface area contributed by atoms with E-state index in [4.69, 9.17) is 5.26 Å². The van der Waals surface area contributed by atoms with Crippen molar-refractivity contribution in [2.24, 2.45) is 27.5 Å². The van der Waals surface area contributed by atoms with E-state index in [0.717, 1.165) is 50.0 Å². The number of nitriles is 1. The summed E-state index contributed by atoms with van der Waals surface area (Å²) in [7, 11) is -3.44. The van der Waals surface area contributed by atoms with Crippen molar-refractivity contribution in [3.8, 4) is 6.07 Å². The largest absolute Gasteiger partial charge is 0.471 e. The maximum absolute atomic E-state index is 12.6. The third-order valence-corrected chi connectivity index (χ3v) is 11.3. The minimum atomic E-state index is -5.06. The first-order valence-corrected chi connectivity index (χ1v) is 15.9. The highest BCUT2D eigenvalue weighted by Gasteiger charge is 2.64. The molecular formula is C27H38F3N7O5S. The van der Waals surface area contributed by atoms with E-state index in [1.54, 1.807) is 6.21 Å². The third kappa shape index (κ3) is 6.37. The third-order valence-electron chi connectivity index (χ3n) is 9.38. The van der Waals surface area contributed by atoms with E-state index in [0.29, 0.717) is 25.2 Å². The average Bonchev–Trinajstić information content (AvgIpc) is 3.76. The van der Waals surface area contributed by atoms with Gasteiger partial charge >= 0.3 is 12.1 Å². The van der Waals surface area contributed by atoms with Crippen LogP contribution in [0.3, 0.4) is 0 Å². The lowest BCUT2D eigenvalue weighted by Gasteiger charge is -2.32. The molecule has 3 aliphatic carbocycles. The molecule has 12 nitrogen and oxygen atoms in total. The quantitative estimate of drug-likeness (QED) is 0.482. The lowest BCUT2D eigenvalue weighted by molar-refractivity contribution is -0.175. The first-order chi connectivity index (χ1) is 19.9. The van der Waals surface area contributed by atoms with Crippen LogP contribution in [0, 0.1) is 28.6 Å². The number of fused-ring (bicyclic) bond motifs is 1. The van der Waals surface area contributed by atoms with Crippen molar-refractivity contribution in [1.82, 2.24) is 20.1 Å². The Morgan fingerprint density at radius 1 is 1.12 bits per heavy atom. The van der Waals surface area contributed by atoms with E-state index in [1.807, 2.05) is 11.4 Å². The van der Waals surface area contributed by atoms with Crippen molar-refractivity contribution in [2.75, 3.05) is 5.75 Å². The van der Waals surface area contributed by atoms with Gasteiger partial charge in [0.2, 0.25) is 10.0 Å². The minimum Gasteiger partial charge on any atom is -0.336 e. The number of carbonyl (C=O) groups is 3. The van der Waals surface area contributed by atoms with Gasteiger partial charge in [-0.1, -0.05) is 26.7 Å². The molecule has 3 amide bonds. The summed E-state index contributed by atoms with van der Waals surface area (Å²) in [5, 5.41) is 19.3. The van der Waals surface area contributed by atoms with Gasteiger partial charge in [0.25, 0.3) is 11.8 Å². The van der Waals surface area contributed by atoms with Crippen molar-refractivity contribution in [2.45, 2.75) is 108 Å². The Kier molecular flexibility index (Phi) is 9.44. The minimum absolute atomic E-state index is 0. The van der Waals surface area contributed by atoms with Gasteiger partial charge in [-0.15, -0.1) is 0 Å². The fourth-order valence-corrected chi connectivity index (χ4v) is 9.86. The van der Waals surface area contributed by atoms with Crippen LogP contribution < -0.4 is 10.7 Å². The highest BCUT2D eigenvalue weighted by Crippen LogP contribution is 2.60. The van der Waals surface area contributed by atoms with Crippen LogP contribution in [0.2, 0.25) is 0 Å². The van der Waals surface area contributed by atoms with Crippen molar-refractivity contribution < 1.29 is 36.0 Å². The van der Waals surface area contributed by atoms with E-state index < -0.39 is 46.1 Å². The predicted octanol–water partition coefficient (Wildman–Crippen LogP) is 2.43. The fraction of sp³-hybridized carbons (Fsp3) is 0.778. The molecule has 2 bridgehead atoms. The zero-order chi connectivity index (χ0) is 30.3. The molecule has 3 unspecified atom stereocenters. The second-order valence-electron chi connectivity index (χ2n) is 12.1. The molecule has 0 aromatic rings. The second kappa shape index (κ2) is 12.4. The van der Waals surface area contributed by atoms with Crippen LogP contribution >= 0.6 is 0 Å². The van der Waals surface area contributed by atoms with Crippen molar-refractivity contribution >= 4 is 40.2 Å². The average molecular weight is 630 g/mol. The van der Waals surface area contributed by atoms with Crippen molar-refractivity contribution in [3.63, 3.8) is 0 Å². The van der Waals surface area contributed by atoms with Gasteiger partial charge in [-0.3, -0.25) is 19.8 Å². The Balaban J connectivity index is 0.000000195. The molecule has 0 aromatic carbocycles. The number of alkyl halides is 3. The van der Waals surface area contributed by atoms with Gasteiger partial charge in [-0.25, -0.2) is 17.7 Å². The number of hydrogen-bond donors (Lipinski definition) is 2. The number of nitrogens with one attached hydrogen (secondary N) is 2. The molecule has 0 aromatic heterocycles.